The third-order valence-corrected chi connectivity index (χ3v) is 8.41. The molecule has 1 aromatic heterocycles. The van der Waals surface area contributed by atoms with E-state index in [1.807, 2.05) is 0 Å². The molecule has 1 aromatic carbocycles. The Kier molecular flexibility index (Phi) is 7.73. The number of rotatable bonds is 7. The maximum Gasteiger partial charge on any atom is 0.224 e. The molecular formula is C26H38BrN3O. The van der Waals surface area contributed by atoms with Crippen molar-refractivity contribution in [2.45, 2.75) is 103 Å². The molecule has 0 atom stereocenters. The minimum absolute atomic E-state index is 0.312. The average Bonchev–Trinajstić information content (AvgIpc) is 3.19. The summed E-state index contributed by atoms with van der Waals surface area (Å²) < 4.78 is 3.42. The SMILES string of the molecule is CCC1CCC(c2nc3c(Br)cccc3n2CCC(=O)N(CC)C2CCCCC2)CC1. The molecule has 0 N–H and O–H groups in total. The summed E-state index contributed by atoms with van der Waals surface area (Å²) in [6.07, 6.45) is 13.1. The lowest BCUT2D eigenvalue weighted by atomic mass is 9.80. The van der Waals surface area contributed by atoms with Gasteiger partial charge in [-0.05, 0) is 79.4 Å². The molecule has 170 valence electrons. The van der Waals surface area contributed by atoms with Crippen molar-refractivity contribution in [2.24, 2.45) is 5.92 Å². The van der Waals surface area contributed by atoms with Crippen LogP contribution in [-0.4, -0.2) is 32.9 Å². The number of nitrogens with zero attached hydrogens (tertiary/aromatic N) is 3. The predicted octanol–water partition coefficient (Wildman–Crippen LogP) is 7.05. The zero-order valence-electron chi connectivity index (χ0n) is 19.3. The second kappa shape index (κ2) is 10.5. The number of aryl methyl sites for hydroxylation is 1. The second-order valence-electron chi connectivity index (χ2n) is 9.58. The van der Waals surface area contributed by atoms with E-state index in [-0.39, 0.29) is 0 Å². The van der Waals surface area contributed by atoms with Gasteiger partial charge in [-0.15, -0.1) is 0 Å². The lowest BCUT2D eigenvalue weighted by molar-refractivity contribution is -0.134. The Hall–Kier alpha value is -1.36. The zero-order chi connectivity index (χ0) is 21.8. The summed E-state index contributed by atoms with van der Waals surface area (Å²) >= 11 is 3.70. The minimum atomic E-state index is 0.312. The van der Waals surface area contributed by atoms with Crippen molar-refractivity contribution < 1.29 is 4.79 Å². The molecule has 0 saturated heterocycles. The summed E-state index contributed by atoms with van der Waals surface area (Å²) in [6.45, 7) is 6.01. The molecule has 0 unspecified atom stereocenters. The van der Waals surface area contributed by atoms with Crippen molar-refractivity contribution in [3.63, 3.8) is 0 Å². The van der Waals surface area contributed by atoms with Gasteiger partial charge in [-0.25, -0.2) is 4.98 Å². The highest BCUT2D eigenvalue weighted by atomic mass is 79.9. The van der Waals surface area contributed by atoms with Crippen LogP contribution in [0.1, 0.15) is 96.2 Å². The monoisotopic (exact) mass is 487 g/mol. The Morgan fingerprint density at radius 2 is 1.84 bits per heavy atom. The molecule has 0 bridgehead atoms. The zero-order valence-corrected chi connectivity index (χ0v) is 20.9. The Labute approximate surface area is 195 Å². The molecule has 2 aliphatic rings. The van der Waals surface area contributed by atoms with E-state index in [0.717, 1.165) is 34.5 Å². The van der Waals surface area contributed by atoms with Crippen molar-refractivity contribution in [3.8, 4) is 0 Å². The number of amides is 1. The van der Waals surface area contributed by atoms with Crippen molar-refractivity contribution in [3.05, 3.63) is 28.5 Å². The minimum Gasteiger partial charge on any atom is -0.340 e. The smallest absolute Gasteiger partial charge is 0.224 e. The lowest BCUT2D eigenvalue weighted by Gasteiger charge is -2.34. The summed E-state index contributed by atoms with van der Waals surface area (Å²) in [5.74, 6) is 2.89. The van der Waals surface area contributed by atoms with E-state index in [2.05, 4.69) is 57.4 Å². The maximum absolute atomic E-state index is 13.2. The molecule has 2 saturated carbocycles. The Balaban J connectivity index is 1.54. The van der Waals surface area contributed by atoms with Gasteiger partial charge in [-0.1, -0.05) is 38.7 Å². The summed E-state index contributed by atoms with van der Waals surface area (Å²) in [6, 6.07) is 6.77. The van der Waals surface area contributed by atoms with E-state index in [4.69, 9.17) is 4.98 Å². The number of carbonyl (C=O) groups excluding carboxylic acids is 1. The lowest BCUT2D eigenvalue weighted by Crippen LogP contribution is -2.41. The Morgan fingerprint density at radius 3 is 2.52 bits per heavy atom. The third-order valence-electron chi connectivity index (χ3n) is 7.77. The fourth-order valence-electron chi connectivity index (χ4n) is 5.89. The molecule has 31 heavy (non-hydrogen) atoms. The van der Waals surface area contributed by atoms with Crippen molar-refractivity contribution >= 4 is 32.9 Å². The van der Waals surface area contributed by atoms with Crippen molar-refractivity contribution in [2.75, 3.05) is 6.54 Å². The molecule has 0 radical (unpaired) electrons. The van der Waals surface area contributed by atoms with Crippen LogP contribution in [0.15, 0.2) is 22.7 Å². The number of aromatic nitrogens is 2. The van der Waals surface area contributed by atoms with Gasteiger partial charge in [0.25, 0.3) is 0 Å². The number of fused-ring (bicyclic) bond motifs is 1. The van der Waals surface area contributed by atoms with Gasteiger partial charge in [-0.3, -0.25) is 4.79 Å². The second-order valence-corrected chi connectivity index (χ2v) is 10.4. The summed E-state index contributed by atoms with van der Waals surface area (Å²) in [4.78, 5) is 20.5. The van der Waals surface area contributed by atoms with E-state index in [1.165, 1.54) is 70.0 Å². The predicted molar refractivity (Wildman–Crippen MR) is 131 cm³/mol. The van der Waals surface area contributed by atoms with Crippen LogP contribution in [0.4, 0.5) is 0 Å². The highest BCUT2D eigenvalue weighted by molar-refractivity contribution is 9.10. The number of benzene rings is 1. The topological polar surface area (TPSA) is 38.1 Å². The molecule has 5 heteroatoms. The van der Waals surface area contributed by atoms with Crippen LogP contribution < -0.4 is 0 Å². The number of hydrogen-bond donors (Lipinski definition) is 0. The van der Waals surface area contributed by atoms with Gasteiger partial charge in [0.1, 0.15) is 11.3 Å². The molecule has 4 nitrogen and oxygen atoms in total. The van der Waals surface area contributed by atoms with Gasteiger partial charge >= 0.3 is 0 Å². The number of imidazole rings is 1. The van der Waals surface area contributed by atoms with E-state index >= 15 is 0 Å². The molecular weight excluding hydrogens is 450 g/mol. The van der Waals surface area contributed by atoms with Gasteiger partial charge in [0.15, 0.2) is 0 Å². The number of para-hydroxylation sites is 1. The van der Waals surface area contributed by atoms with E-state index < -0.39 is 0 Å². The number of halogens is 1. The van der Waals surface area contributed by atoms with Crippen LogP contribution in [0, 0.1) is 5.92 Å². The summed E-state index contributed by atoms with van der Waals surface area (Å²) in [5, 5.41) is 0. The molecule has 1 heterocycles. The first-order valence-electron chi connectivity index (χ1n) is 12.6. The fraction of sp³-hybridized carbons (Fsp3) is 0.692. The van der Waals surface area contributed by atoms with Gasteiger partial charge in [0.05, 0.1) is 5.52 Å². The van der Waals surface area contributed by atoms with Crippen LogP contribution in [-0.2, 0) is 11.3 Å². The van der Waals surface area contributed by atoms with Gasteiger partial charge < -0.3 is 9.47 Å². The average molecular weight is 489 g/mol. The first-order valence-corrected chi connectivity index (χ1v) is 13.4. The van der Waals surface area contributed by atoms with Crippen LogP contribution in [0.25, 0.3) is 11.0 Å². The quantitative estimate of drug-likeness (QED) is 0.419. The van der Waals surface area contributed by atoms with Gasteiger partial charge in [0.2, 0.25) is 5.91 Å². The first-order chi connectivity index (χ1) is 15.1. The van der Waals surface area contributed by atoms with Gasteiger partial charge in [-0.2, -0.15) is 0 Å². The molecule has 0 spiro atoms. The first kappa shape index (κ1) is 22.8. The van der Waals surface area contributed by atoms with Crippen molar-refractivity contribution in [1.29, 1.82) is 0 Å². The molecule has 4 rings (SSSR count). The van der Waals surface area contributed by atoms with E-state index in [0.29, 0.717) is 24.3 Å². The maximum atomic E-state index is 13.2. The van der Waals surface area contributed by atoms with E-state index in [1.54, 1.807) is 0 Å². The van der Waals surface area contributed by atoms with Crippen LogP contribution in [0.3, 0.4) is 0 Å². The Bertz CT molecular complexity index is 878. The van der Waals surface area contributed by atoms with Gasteiger partial charge in [0, 0.05) is 35.9 Å². The van der Waals surface area contributed by atoms with Crippen molar-refractivity contribution in [1.82, 2.24) is 14.5 Å². The fourth-order valence-corrected chi connectivity index (χ4v) is 6.33. The molecule has 0 aliphatic heterocycles. The summed E-state index contributed by atoms with van der Waals surface area (Å²) in [5.41, 5.74) is 2.21. The highest BCUT2D eigenvalue weighted by Crippen LogP contribution is 2.38. The normalized spacial score (nSPS) is 22.7. The standard InChI is InChI=1S/C26H38BrN3O/c1-3-19-13-15-20(16-14-19)26-28-25-22(27)11-8-12-23(25)30(26)18-17-24(31)29(4-2)21-9-6-5-7-10-21/h8,11-12,19-21H,3-7,9-10,13-18H2,1-2H3. The largest absolute Gasteiger partial charge is 0.340 e. The number of carbonyl (C=O) groups is 1. The summed E-state index contributed by atoms with van der Waals surface area (Å²) in [7, 11) is 0. The van der Waals surface area contributed by atoms with Crippen LogP contribution in [0.5, 0.6) is 0 Å². The van der Waals surface area contributed by atoms with Crippen LogP contribution in [0.2, 0.25) is 0 Å². The third kappa shape index (κ3) is 5.02. The van der Waals surface area contributed by atoms with Crippen LogP contribution >= 0.6 is 15.9 Å². The number of hydrogen-bond acceptors (Lipinski definition) is 2. The molecule has 1 amide bonds. The van der Waals surface area contributed by atoms with E-state index in [9.17, 15) is 4.79 Å². The molecule has 2 aliphatic carbocycles. The highest BCUT2D eigenvalue weighted by Gasteiger charge is 2.28. The molecule has 2 aromatic rings. The molecule has 2 fully saturated rings. The Morgan fingerprint density at radius 1 is 1.10 bits per heavy atom.